The summed E-state index contributed by atoms with van der Waals surface area (Å²) in [6.07, 6.45) is 1.20. The van der Waals surface area contributed by atoms with Gasteiger partial charge in [0.25, 0.3) is 0 Å². The molecule has 0 aromatic heterocycles. The van der Waals surface area contributed by atoms with Gasteiger partial charge in [-0.3, -0.25) is 4.79 Å². The second-order valence-electron chi connectivity index (χ2n) is 4.75. The molecule has 1 aromatic carbocycles. The van der Waals surface area contributed by atoms with Crippen LogP contribution >= 0.6 is 0 Å². The minimum atomic E-state index is -1.11. The lowest BCUT2D eigenvalue weighted by Crippen LogP contribution is -2.40. The molecule has 106 valence electrons. The van der Waals surface area contributed by atoms with Crippen molar-refractivity contribution < 1.29 is 13.6 Å². The number of carbonyl (C=O) groups excluding carboxylic acids is 1. The third-order valence-corrected chi connectivity index (χ3v) is 3.64. The Morgan fingerprint density at radius 2 is 2.00 bits per heavy atom. The number of hydrogen-bond donors (Lipinski definition) is 1. The van der Waals surface area contributed by atoms with Gasteiger partial charge in [-0.25, -0.2) is 8.78 Å². The molecular weight excluding hydrogens is 264 g/mol. The molecule has 1 heterocycles. The van der Waals surface area contributed by atoms with E-state index < -0.39 is 11.6 Å². The lowest BCUT2D eigenvalue weighted by atomic mass is 9.95. The lowest BCUT2D eigenvalue weighted by Gasteiger charge is -2.33. The van der Waals surface area contributed by atoms with Gasteiger partial charge in [-0.05, 0) is 25.0 Å². The summed E-state index contributed by atoms with van der Waals surface area (Å²) in [5.41, 5.74) is -0.150. The number of nitrogens with one attached hydrogen (secondary N) is 1. The number of anilines is 1. The standard InChI is InChI=1S/C14H15F2N3O/c1-18-14(20)9-4-6-19(7-5-9)11-3-2-10(8-17)12(15)13(11)16/h2-3,9H,4-7H2,1H3,(H,18,20). The molecule has 1 aliphatic rings. The second-order valence-corrected chi connectivity index (χ2v) is 4.75. The summed E-state index contributed by atoms with van der Waals surface area (Å²) in [7, 11) is 1.59. The zero-order valence-electron chi connectivity index (χ0n) is 11.1. The molecule has 6 heteroatoms. The Morgan fingerprint density at radius 3 is 2.55 bits per heavy atom. The number of nitrogens with zero attached hydrogens (tertiary/aromatic N) is 2. The molecule has 20 heavy (non-hydrogen) atoms. The number of piperidine rings is 1. The van der Waals surface area contributed by atoms with E-state index in [0.29, 0.717) is 25.9 Å². The van der Waals surface area contributed by atoms with Gasteiger partial charge in [-0.2, -0.15) is 5.26 Å². The highest BCUT2D eigenvalue weighted by molar-refractivity contribution is 5.78. The maximum absolute atomic E-state index is 13.9. The van der Waals surface area contributed by atoms with Crippen molar-refractivity contribution in [3.05, 3.63) is 29.3 Å². The largest absolute Gasteiger partial charge is 0.369 e. The number of benzene rings is 1. The molecule has 0 bridgehead atoms. The van der Waals surface area contributed by atoms with Gasteiger partial charge in [0.15, 0.2) is 11.6 Å². The number of rotatable bonds is 2. The maximum atomic E-state index is 13.9. The Hall–Kier alpha value is -2.16. The van der Waals surface area contributed by atoms with E-state index in [0.717, 1.165) is 0 Å². The fourth-order valence-corrected chi connectivity index (χ4v) is 2.46. The van der Waals surface area contributed by atoms with Crippen molar-refractivity contribution >= 4 is 11.6 Å². The Morgan fingerprint density at radius 1 is 1.35 bits per heavy atom. The third-order valence-electron chi connectivity index (χ3n) is 3.64. The molecular formula is C14H15F2N3O. The van der Waals surface area contributed by atoms with Crippen LogP contribution in [0, 0.1) is 28.9 Å². The predicted molar refractivity (Wildman–Crippen MR) is 70.1 cm³/mol. The quantitative estimate of drug-likeness (QED) is 0.898. The molecule has 1 fully saturated rings. The van der Waals surface area contributed by atoms with Crippen LogP contribution < -0.4 is 10.2 Å². The summed E-state index contributed by atoms with van der Waals surface area (Å²) >= 11 is 0. The maximum Gasteiger partial charge on any atom is 0.222 e. The zero-order valence-corrected chi connectivity index (χ0v) is 11.1. The highest BCUT2D eigenvalue weighted by Crippen LogP contribution is 2.28. The highest BCUT2D eigenvalue weighted by atomic mass is 19.2. The third kappa shape index (κ3) is 2.57. The molecule has 0 unspecified atom stereocenters. The van der Waals surface area contributed by atoms with Gasteiger partial charge < -0.3 is 10.2 Å². The molecule has 0 atom stereocenters. The average molecular weight is 279 g/mol. The van der Waals surface area contributed by atoms with Crippen LogP contribution in [0.15, 0.2) is 12.1 Å². The van der Waals surface area contributed by atoms with Crippen LogP contribution in [-0.2, 0) is 4.79 Å². The van der Waals surface area contributed by atoms with Crippen molar-refractivity contribution in [2.45, 2.75) is 12.8 Å². The van der Waals surface area contributed by atoms with E-state index in [9.17, 15) is 13.6 Å². The topological polar surface area (TPSA) is 56.1 Å². The Bertz CT molecular complexity index is 560. The van der Waals surface area contributed by atoms with Crippen molar-refractivity contribution in [3.63, 3.8) is 0 Å². The van der Waals surface area contributed by atoms with Crippen LogP contribution in [0.3, 0.4) is 0 Å². The summed E-state index contributed by atoms with van der Waals surface area (Å²) in [6, 6.07) is 4.30. The molecule has 1 amide bonds. The minimum Gasteiger partial charge on any atom is -0.369 e. The van der Waals surface area contributed by atoms with Crippen molar-refractivity contribution in [2.24, 2.45) is 5.92 Å². The summed E-state index contributed by atoms with van der Waals surface area (Å²) < 4.78 is 27.5. The van der Waals surface area contributed by atoms with E-state index in [2.05, 4.69) is 5.32 Å². The molecule has 4 nitrogen and oxygen atoms in total. The van der Waals surface area contributed by atoms with Gasteiger partial charge in [0.2, 0.25) is 5.91 Å². The first-order chi connectivity index (χ1) is 9.58. The van der Waals surface area contributed by atoms with Gasteiger partial charge in [-0.1, -0.05) is 0 Å². The minimum absolute atomic E-state index is 0.0175. The van der Waals surface area contributed by atoms with Crippen molar-refractivity contribution in [1.82, 2.24) is 5.32 Å². The Balaban J connectivity index is 2.14. The second kappa shape index (κ2) is 5.87. The number of hydrogen-bond acceptors (Lipinski definition) is 3. The number of nitriles is 1. The predicted octanol–water partition coefficient (Wildman–Crippen LogP) is 1.80. The molecule has 1 N–H and O–H groups in total. The van der Waals surface area contributed by atoms with Gasteiger partial charge in [0.05, 0.1) is 11.3 Å². The smallest absolute Gasteiger partial charge is 0.222 e. The van der Waals surface area contributed by atoms with Crippen LogP contribution in [0.2, 0.25) is 0 Å². The number of carbonyl (C=O) groups is 1. The average Bonchev–Trinajstić information content (AvgIpc) is 2.49. The SMILES string of the molecule is CNC(=O)C1CCN(c2ccc(C#N)c(F)c2F)CC1. The van der Waals surface area contributed by atoms with Gasteiger partial charge in [-0.15, -0.1) is 0 Å². The van der Waals surface area contributed by atoms with E-state index in [1.807, 2.05) is 0 Å². The van der Waals surface area contributed by atoms with Crippen LogP contribution in [0.1, 0.15) is 18.4 Å². The van der Waals surface area contributed by atoms with Crippen molar-refractivity contribution in [3.8, 4) is 6.07 Å². The highest BCUT2D eigenvalue weighted by Gasteiger charge is 2.26. The van der Waals surface area contributed by atoms with Gasteiger partial charge in [0.1, 0.15) is 6.07 Å². The first-order valence-electron chi connectivity index (χ1n) is 6.43. The summed E-state index contributed by atoms with van der Waals surface area (Å²) in [5, 5.41) is 11.2. The van der Waals surface area contributed by atoms with Crippen LogP contribution in [0.5, 0.6) is 0 Å². The molecule has 0 saturated carbocycles. The summed E-state index contributed by atoms with van der Waals surface area (Å²) in [4.78, 5) is 13.2. The normalized spacial score (nSPS) is 15.8. The van der Waals surface area contributed by atoms with E-state index in [1.54, 1.807) is 18.0 Å². The summed E-state index contributed by atoms with van der Waals surface area (Å²) in [6.45, 7) is 0.973. The molecule has 2 rings (SSSR count). The molecule has 0 aliphatic carbocycles. The van der Waals surface area contributed by atoms with Crippen LogP contribution in [-0.4, -0.2) is 26.0 Å². The van der Waals surface area contributed by atoms with E-state index in [4.69, 9.17) is 5.26 Å². The molecule has 1 aromatic rings. The fraction of sp³-hybridized carbons (Fsp3) is 0.429. The van der Waals surface area contributed by atoms with E-state index >= 15 is 0 Å². The number of halogens is 2. The molecule has 1 saturated heterocycles. The van der Waals surface area contributed by atoms with Gasteiger partial charge in [0, 0.05) is 26.1 Å². The molecule has 1 aliphatic heterocycles. The van der Waals surface area contributed by atoms with Crippen molar-refractivity contribution in [2.75, 3.05) is 25.0 Å². The first-order valence-corrected chi connectivity index (χ1v) is 6.43. The molecule has 0 spiro atoms. The van der Waals surface area contributed by atoms with Crippen LogP contribution in [0.4, 0.5) is 14.5 Å². The van der Waals surface area contributed by atoms with Crippen molar-refractivity contribution in [1.29, 1.82) is 5.26 Å². The fourth-order valence-electron chi connectivity index (χ4n) is 2.46. The van der Waals surface area contributed by atoms with E-state index in [1.165, 1.54) is 12.1 Å². The van der Waals surface area contributed by atoms with E-state index in [-0.39, 0.29) is 23.1 Å². The Kier molecular flexibility index (Phi) is 4.18. The monoisotopic (exact) mass is 279 g/mol. The number of amides is 1. The first kappa shape index (κ1) is 14.3. The summed E-state index contributed by atoms with van der Waals surface area (Å²) in [5.74, 6) is -2.21. The zero-order chi connectivity index (χ0) is 14.7. The Labute approximate surface area is 116 Å². The van der Waals surface area contributed by atoms with Crippen LogP contribution in [0.25, 0.3) is 0 Å². The lowest BCUT2D eigenvalue weighted by molar-refractivity contribution is -0.125. The molecule has 0 radical (unpaired) electrons. The van der Waals surface area contributed by atoms with Gasteiger partial charge >= 0.3 is 0 Å².